The molecule has 1 atom stereocenters. The first kappa shape index (κ1) is 13.0. The SMILES string of the molecule is COc1ccc(C(CC#N)C(C)=O)cc1OC. The molecule has 0 saturated carbocycles. The Hall–Kier alpha value is -2.02. The zero-order chi connectivity index (χ0) is 12.8. The molecule has 17 heavy (non-hydrogen) atoms. The average Bonchev–Trinajstić information content (AvgIpc) is 2.34. The lowest BCUT2D eigenvalue weighted by Gasteiger charge is -2.13. The van der Waals surface area contributed by atoms with Crippen LogP contribution in [0.25, 0.3) is 0 Å². The van der Waals surface area contributed by atoms with Gasteiger partial charge in [0.15, 0.2) is 11.5 Å². The molecule has 90 valence electrons. The third-order valence-electron chi connectivity index (χ3n) is 2.60. The number of Topliss-reactive ketones (excluding diaryl/α,β-unsaturated/α-hetero) is 1. The largest absolute Gasteiger partial charge is 0.493 e. The number of carbonyl (C=O) groups excluding carboxylic acids is 1. The Bertz CT molecular complexity index is 448. The molecule has 0 N–H and O–H groups in total. The molecular formula is C13H15NO3. The number of ether oxygens (including phenoxy) is 2. The van der Waals surface area contributed by atoms with Crippen LogP contribution in [0.4, 0.5) is 0 Å². The van der Waals surface area contributed by atoms with Crippen LogP contribution in [-0.4, -0.2) is 20.0 Å². The van der Waals surface area contributed by atoms with Gasteiger partial charge in [0.25, 0.3) is 0 Å². The first-order chi connectivity index (χ1) is 8.13. The molecule has 0 aliphatic carbocycles. The Labute approximate surface area is 101 Å². The number of hydrogen-bond donors (Lipinski definition) is 0. The number of benzene rings is 1. The number of nitriles is 1. The van der Waals surface area contributed by atoms with Gasteiger partial charge in [-0.15, -0.1) is 0 Å². The van der Waals surface area contributed by atoms with Gasteiger partial charge < -0.3 is 9.47 Å². The van der Waals surface area contributed by atoms with Crippen LogP contribution >= 0.6 is 0 Å². The lowest BCUT2D eigenvalue weighted by molar-refractivity contribution is -0.118. The minimum atomic E-state index is -0.403. The minimum Gasteiger partial charge on any atom is -0.493 e. The number of rotatable bonds is 5. The summed E-state index contributed by atoms with van der Waals surface area (Å²) in [7, 11) is 3.09. The summed E-state index contributed by atoms with van der Waals surface area (Å²) in [6.07, 6.45) is 0.171. The van der Waals surface area contributed by atoms with E-state index in [2.05, 4.69) is 0 Å². The molecule has 0 radical (unpaired) electrons. The molecule has 1 aromatic carbocycles. The van der Waals surface area contributed by atoms with Crippen molar-refractivity contribution in [3.63, 3.8) is 0 Å². The van der Waals surface area contributed by atoms with Crippen molar-refractivity contribution in [2.45, 2.75) is 19.3 Å². The summed E-state index contributed by atoms with van der Waals surface area (Å²) in [5.41, 5.74) is 0.775. The molecule has 0 aromatic heterocycles. The van der Waals surface area contributed by atoms with Crippen molar-refractivity contribution in [1.82, 2.24) is 0 Å². The molecule has 0 spiro atoms. The molecule has 4 heteroatoms. The van der Waals surface area contributed by atoms with E-state index in [4.69, 9.17) is 14.7 Å². The maximum absolute atomic E-state index is 11.5. The van der Waals surface area contributed by atoms with Gasteiger partial charge in [0.05, 0.1) is 26.2 Å². The molecule has 1 aromatic rings. The summed E-state index contributed by atoms with van der Waals surface area (Å²) >= 11 is 0. The summed E-state index contributed by atoms with van der Waals surface area (Å²) in [4.78, 5) is 11.5. The van der Waals surface area contributed by atoms with Gasteiger partial charge in [0.1, 0.15) is 5.78 Å². The quantitative estimate of drug-likeness (QED) is 0.782. The first-order valence-corrected chi connectivity index (χ1v) is 5.23. The topological polar surface area (TPSA) is 59.3 Å². The summed E-state index contributed by atoms with van der Waals surface area (Å²) in [5, 5.41) is 8.72. The fraction of sp³-hybridized carbons (Fsp3) is 0.385. The lowest BCUT2D eigenvalue weighted by atomic mass is 9.92. The van der Waals surface area contributed by atoms with Crippen LogP contribution in [0.5, 0.6) is 11.5 Å². The maximum atomic E-state index is 11.5. The van der Waals surface area contributed by atoms with E-state index in [0.717, 1.165) is 5.56 Å². The van der Waals surface area contributed by atoms with Crippen LogP contribution in [0, 0.1) is 11.3 Å². The fourth-order valence-corrected chi connectivity index (χ4v) is 1.66. The van der Waals surface area contributed by atoms with E-state index in [9.17, 15) is 4.79 Å². The molecule has 0 heterocycles. The van der Waals surface area contributed by atoms with Gasteiger partial charge in [-0.25, -0.2) is 0 Å². The monoisotopic (exact) mass is 233 g/mol. The van der Waals surface area contributed by atoms with E-state index in [-0.39, 0.29) is 12.2 Å². The first-order valence-electron chi connectivity index (χ1n) is 5.23. The van der Waals surface area contributed by atoms with E-state index in [1.807, 2.05) is 6.07 Å². The molecule has 0 aliphatic heterocycles. The molecule has 0 fully saturated rings. The van der Waals surface area contributed by atoms with Crippen LogP contribution in [-0.2, 0) is 4.79 Å². The van der Waals surface area contributed by atoms with E-state index < -0.39 is 5.92 Å². The van der Waals surface area contributed by atoms with E-state index in [1.54, 1.807) is 25.3 Å². The molecule has 0 saturated heterocycles. The van der Waals surface area contributed by atoms with Gasteiger partial charge in [-0.1, -0.05) is 6.07 Å². The summed E-state index contributed by atoms with van der Waals surface area (Å²) in [6, 6.07) is 7.28. The molecule has 4 nitrogen and oxygen atoms in total. The third kappa shape index (κ3) is 2.97. The van der Waals surface area contributed by atoms with Crippen LogP contribution in [0.1, 0.15) is 24.8 Å². The Balaban J connectivity index is 3.13. The van der Waals surface area contributed by atoms with Crippen LogP contribution in [0.15, 0.2) is 18.2 Å². The number of carbonyl (C=O) groups is 1. The highest BCUT2D eigenvalue weighted by molar-refractivity contribution is 5.83. The standard InChI is InChI=1S/C13H15NO3/c1-9(15)11(6-7-14)10-4-5-12(16-2)13(8-10)17-3/h4-5,8,11H,6H2,1-3H3. The molecule has 0 bridgehead atoms. The normalized spacial score (nSPS) is 11.4. The molecule has 1 unspecified atom stereocenters. The molecule has 0 aliphatic rings. The second kappa shape index (κ2) is 5.90. The highest BCUT2D eigenvalue weighted by Gasteiger charge is 2.18. The van der Waals surface area contributed by atoms with Gasteiger partial charge in [0.2, 0.25) is 0 Å². The number of nitrogens with zero attached hydrogens (tertiary/aromatic N) is 1. The molecular weight excluding hydrogens is 218 g/mol. The number of methoxy groups -OCH3 is 2. The Kier molecular flexibility index (Phi) is 4.53. The molecule has 1 rings (SSSR count). The summed E-state index contributed by atoms with van der Waals surface area (Å²) in [6.45, 7) is 1.48. The van der Waals surface area contributed by atoms with Gasteiger partial charge in [-0.3, -0.25) is 4.79 Å². The van der Waals surface area contributed by atoms with Crippen molar-refractivity contribution in [2.24, 2.45) is 0 Å². The van der Waals surface area contributed by atoms with Crippen molar-refractivity contribution in [1.29, 1.82) is 5.26 Å². The van der Waals surface area contributed by atoms with Crippen molar-refractivity contribution in [2.75, 3.05) is 14.2 Å². The predicted molar refractivity (Wildman–Crippen MR) is 63.2 cm³/mol. The van der Waals surface area contributed by atoms with E-state index in [1.165, 1.54) is 14.0 Å². The zero-order valence-electron chi connectivity index (χ0n) is 10.2. The Morgan fingerprint density at radius 2 is 2.00 bits per heavy atom. The maximum Gasteiger partial charge on any atom is 0.161 e. The lowest BCUT2D eigenvalue weighted by Crippen LogP contribution is -2.08. The second-order valence-electron chi connectivity index (χ2n) is 3.64. The Morgan fingerprint density at radius 1 is 1.35 bits per heavy atom. The number of ketones is 1. The van der Waals surface area contributed by atoms with Gasteiger partial charge >= 0.3 is 0 Å². The van der Waals surface area contributed by atoms with Crippen molar-refractivity contribution >= 4 is 5.78 Å². The minimum absolute atomic E-state index is 0.0289. The Morgan fingerprint density at radius 3 is 2.47 bits per heavy atom. The summed E-state index contributed by atoms with van der Waals surface area (Å²) < 4.78 is 10.3. The van der Waals surface area contributed by atoms with Gasteiger partial charge in [0, 0.05) is 6.42 Å². The van der Waals surface area contributed by atoms with Crippen LogP contribution in [0.3, 0.4) is 0 Å². The van der Waals surface area contributed by atoms with E-state index in [0.29, 0.717) is 11.5 Å². The van der Waals surface area contributed by atoms with Crippen LogP contribution < -0.4 is 9.47 Å². The highest BCUT2D eigenvalue weighted by Crippen LogP contribution is 2.31. The second-order valence-corrected chi connectivity index (χ2v) is 3.64. The number of hydrogen-bond acceptors (Lipinski definition) is 4. The van der Waals surface area contributed by atoms with Crippen molar-refractivity contribution in [3.8, 4) is 17.6 Å². The predicted octanol–water partition coefficient (Wildman–Crippen LogP) is 2.29. The summed E-state index contributed by atoms with van der Waals surface area (Å²) in [5.74, 6) is 0.739. The average molecular weight is 233 g/mol. The van der Waals surface area contributed by atoms with Crippen molar-refractivity contribution < 1.29 is 14.3 Å². The highest BCUT2D eigenvalue weighted by atomic mass is 16.5. The smallest absolute Gasteiger partial charge is 0.161 e. The third-order valence-corrected chi connectivity index (χ3v) is 2.60. The van der Waals surface area contributed by atoms with Crippen molar-refractivity contribution in [3.05, 3.63) is 23.8 Å². The zero-order valence-corrected chi connectivity index (χ0v) is 10.2. The van der Waals surface area contributed by atoms with Gasteiger partial charge in [-0.2, -0.15) is 5.26 Å². The fourth-order valence-electron chi connectivity index (χ4n) is 1.66. The van der Waals surface area contributed by atoms with E-state index >= 15 is 0 Å². The van der Waals surface area contributed by atoms with Gasteiger partial charge in [-0.05, 0) is 24.6 Å². The molecule has 0 amide bonds. The van der Waals surface area contributed by atoms with Crippen LogP contribution in [0.2, 0.25) is 0 Å².